The van der Waals surface area contributed by atoms with Gasteiger partial charge in [-0.25, -0.2) is 0 Å². The van der Waals surface area contributed by atoms with E-state index in [1.54, 1.807) is 0 Å². The Morgan fingerprint density at radius 1 is 0.909 bits per heavy atom. The topological polar surface area (TPSA) is 53.1 Å². The lowest BCUT2D eigenvalue weighted by Gasteiger charge is -2.38. The molecule has 0 aromatic carbocycles. The van der Waals surface area contributed by atoms with Crippen LogP contribution in [0.15, 0.2) is 0 Å². The molecule has 2 rings (SSSR count). The Bertz CT molecular complexity index is 392. The fourth-order valence-corrected chi connectivity index (χ4v) is 2.87. The third-order valence-corrected chi connectivity index (χ3v) is 4.31. The molecule has 2 aliphatic rings. The number of carbonyl (C=O) groups is 2. The molecule has 0 atom stereocenters. The van der Waals surface area contributed by atoms with E-state index in [9.17, 15) is 9.59 Å². The summed E-state index contributed by atoms with van der Waals surface area (Å²) in [4.78, 5) is 30.6. The van der Waals surface area contributed by atoms with Crippen molar-refractivity contribution >= 4 is 11.8 Å². The molecule has 2 heterocycles. The van der Waals surface area contributed by atoms with Gasteiger partial charge in [0.05, 0.1) is 13.2 Å². The van der Waals surface area contributed by atoms with Gasteiger partial charge in [-0.2, -0.15) is 0 Å². The Morgan fingerprint density at radius 3 is 2.00 bits per heavy atom. The second-order valence-electron chi connectivity index (χ2n) is 7.13. The predicted molar refractivity (Wildman–Crippen MR) is 84.5 cm³/mol. The molecule has 6 nitrogen and oxygen atoms in total. The molecule has 22 heavy (non-hydrogen) atoms. The maximum absolute atomic E-state index is 12.3. The summed E-state index contributed by atoms with van der Waals surface area (Å²) in [5.74, 6) is 0.377. The quantitative estimate of drug-likeness (QED) is 0.758. The van der Waals surface area contributed by atoms with Crippen molar-refractivity contribution in [3.63, 3.8) is 0 Å². The lowest BCUT2D eigenvalue weighted by molar-refractivity contribution is -0.145. The van der Waals surface area contributed by atoms with Crippen molar-refractivity contribution in [2.24, 2.45) is 5.41 Å². The SMILES string of the molecule is CC(C)(C)C(=O)N1CCN(C(=O)CCN2CCOCC2)CC1. The zero-order valence-corrected chi connectivity index (χ0v) is 14.1. The summed E-state index contributed by atoms with van der Waals surface area (Å²) in [5.41, 5.74) is -0.345. The molecule has 6 heteroatoms. The average molecular weight is 311 g/mol. The number of rotatable bonds is 3. The highest BCUT2D eigenvalue weighted by Gasteiger charge is 2.30. The molecule has 2 saturated heterocycles. The maximum atomic E-state index is 12.3. The zero-order chi connectivity index (χ0) is 16.2. The number of carbonyl (C=O) groups excluding carboxylic acids is 2. The van der Waals surface area contributed by atoms with Gasteiger partial charge in [-0.05, 0) is 0 Å². The molecular weight excluding hydrogens is 282 g/mol. The van der Waals surface area contributed by atoms with Crippen LogP contribution in [0.4, 0.5) is 0 Å². The van der Waals surface area contributed by atoms with Crippen molar-refractivity contribution in [2.75, 3.05) is 59.0 Å². The Labute approximate surface area is 133 Å². The Hall–Kier alpha value is -1.14. The minimum atomic E-state index is -0.345. The van der Waals surface area contributed by atoms with E-state index in [2.05, 4.69) is 4.90 Å². The van der Waals surface area contributed by atoms with Crippen molar-refractivity contribution in [3.8, 4) is 0 Å². The van der Waals surface area contributed by atoms with E-state index < -0.39 is 0 Å². The predicted octanol–water partition coefficient (Wildman–Crippen LogP) is 0.426. The highest BCUT2D eigenvalue weighted by Crippen LogP contribution is 2.18. The van der Waals surface area contributed by atoms with E-state index in [1.165, 1.54) is 0 Å². The summed E-state index contributed by atoms with van der Waals surface area (Å²) >= 11 is 0. The van der Waals surface area contributed by atoms with Gasteiger partial charge in [-0.15, -0.1) is 0 Å². The van der Waals surface area contributed by atoms with Crippen LogP contribution in [-0.4, -0.2) is 85.5 Å². The van der Waals surface area contributed by atoms with Gasteiger partial charge in [0, 0.05) is 57.6 Å². The van der Waals surface area contributed by atoms with Gasteiger partial charge in [0.15, 0.2) is 0 Å². The van der Waals surface area contributed by atoms with Crippen molar-refractivity contribution in [2.45, 2.75) is 27.2 Å². The summed E-state index contributed by atoms with van der Waals surface area (Å²) < 4.78 is 5.31. The van der Waals surface area contributed by atoms with Gasteiger partial charge in [-0.3, -0.25) is 14.5 Å². The molecule has 0 saturated carbocycles. The van der Waals surface area contributed by atoms with Crippen molar-refractivity contribution in [1.82, 2.24) is 14.7 Å². The van der Waals surface area contributed by atoms with Gasteiger partial charge in [0.25, 0.3) is 0 Å². The summed E-state index contributed by atoms with van der Waals surface area (Å²) in [7, 11) is 0. The molecule has 126 valence electrons. The molecular formula is C16H29N3O3. The van der Waals surface area contributed by atoms with Crippen LogP contribution in [0.25, 0.3) is 0 Å². The first kappa shape index (κ1) is 17.2. The van der Waals surface area contributed by atoms with Crippen molar-refractivity contribution < 1.29 is 14.3 Å². The number of hydrogen-bond acceptors (Lipinski definition) is 4. The summed E-state index contributed by atoms with van der Waals surface area (Å²) in [5, 5.41) is 0. The first-order valence-corrected chi connectivity index (χ1v) is 8.25. The van der Waals surface area contributed by atoms with Gasteiger partial charge in [0.2, 0.25) is 11.8 Å². The second kappa shape index (κ2) is 7.42. The molecule has 0 unspecified atom stereocenters. The number of ether oxygens (including phenoxy) is 1. The van der Waals surface area contributed by atoms with Crippen molar-refractivity contribution in [3.05, 3.63) is 0 Å². The maximum Gasteiger partial charge on any atom is 0.228 e. The average Bonchev–Trinajstić information content (AvgIpc) is 2.52. The normalized spacial score (nSPS) is 21.0. The van der Waals surface area contributed by atoms with Gasteiger partial charge in [0.1, 0.15) is 0 Å². The lowest BCUT2D eigenvalue weighted by atomic mass is 9.94. The summed E-state index contributed by atoms with van der Waals surface area (Å²) in [6.07, 6.45) is 0.563. The minimum Gasteiger partial charge on any atom is -0.379 e. The van der Waals surface area contributed by atoms with E-state index in [4.69, 9.17) is 4.74 Å². The van der Waals surface area contributed by atoms with Crippen LogP contribution < -0.4 is 0 Å². The van der Waals surface area contributed by atoms with Crippen LogP contribution in [-0.2, 0) is 14.3 Å². The third-order valence-electron chi connectivity index (χ3n) is 4.31. The first-order valence-electron chi connectivity index (χ1n) is 8.25. The number of morpholine rings is 1. The van der Waals surface area contributed by atoms with Gasteiger partial charge in [-0.1, -0.05) is 20.8 Å². The van der Waals surface area contributed by atoms with E-state index in [0.29, 0.717) is 32.6 Å². The zero-order valence-electron chi connectivity index (χ0n) is 14.1. The van der Waals surface area contributed by atoms with E-state index in [0.717, 1.165) is 32.8 Å². The first-order chi connectivity index (χ1) is 10.4. The smallest absolute Gasteiger partial charge is 0.228 e. The molecule has 0 bridgehead atoms. The Balaban J connectivity index is 1.71. The highest BCUT2D eigenvalue weighted by atomic mass is 16.5. The highest BCUT2D eigenvalue weighted by molar-refractivity contribution is 5.82. The molecule has 2 amide bonds. The van der Waals surface area contributed by atoms with Crippen molar-refractivity contribution in [1.29, 1.82) is 0 Å². The number of nitrogens with zero attached hydrogens (tertiary/aromatic N) is 3. The van der Waals surface area contributed by atoms with Crippen LogP contribution in [0.2, 0.25) is 0 Å². The minimum absolute atomic E-state index is 0.174. The second-order valence-corrected chi connectivity index (χ2v) is 7.13. The van der Waals surface area contributed by atoms with Crippen LogP contribution >= 0.6 is 0 Å². The number of piperazine rings is 1. The Morgan fingerprint density at radius 2 is 1.45 bits per heavy atom. The van der Waals surface area contributed by atoms with E-state index in [-0.39, 0.29) is 17.2 Å². The summed E-state index contributed by atoms with van der Waals surface area (Å²) in [6, 6.07) is 0. The molecule has 2 aliphatic heterocycles. The Kier molecular flexibility index (Phi) is 5.81. The number of amides is 2. The van der Waals surface area contributed by atoms with Crippen LogP contribution in [0.5, 0.6) is 0 Å². The number of hydrogen-bond donors (Lipinski definition) is 0. The van der Waals surface area contributed by atoms with Crippen LogP contribution in [0.1, 0.15) is 27.2 Å². The standard InChI is InChI=1S/C16H29N3O3/c1-16(2,3)15(21)19-8-6-18(7-9-19)14(20)4-5-17-10-12-22-13-11-17/h4-13H2,1-3H3. The fraction of sp³-hybridized carbons (Fsp3) is 0.875. The van der Waals surface area contributed by atoms with E-state index in [1.807, 2.05) is 30.6 Å². The third kappa shape index (κ3) is 4.68. The molecule has 0 radical (unpaired) electrons. The molecule has 0 aromatic rings. The van der Waals surface area contributed by atoms with Gasteiger partial charge >= 0.3 is 0 Å². The molecule has 0 aromatic heterocycles. The van der Waals surface area contributed by atoms with Gasteiger partial charge < -0.3 is 14.5 Å². The lowest BCUT2D eigenvalue weighted by Crippen LogP contribution is -2.53. The fourth-order valence-electron chi connectivity index (χ4n) is 2.87. The summed E-state index contributed by atoms with van der Waals surface area (Å²) in [6.45, 7) is 12.6. The molecule has 0 spiro atoms. The van der Waals surface area contributed by atoms with Crippen LogP contribution in [0, 0.1) is 5.41 Å². The largest absolute Gasteiger partial charge is 0.379 e. The molecule has 2 fully saturated rings. The monoisotopic (exact) mass is 311 g/mol. The molecule has 0 N–H and O–H groups in total. The van der Waals surface area contributed by atoms with Crippen LogP contribution in [0.3, 0.4) is 0 Å². The van der Waals surface area contributed by atoms with E-state index >= 15 is 0 Å². The molecule has 0 aliphatic carbocycles.